The van der Waals surface area contributed by atoms with Gasteiger partial charge in [-0.3, -0.25) is 9.79 Å². The lowest BCUT2D eigenvalue weighted by Gasteiger charge is -2.28. The van der Waals surface area contributed by atoms with Crippen LogP contribution in [-0.4, -0.2) is 49.5 Å². The molecule has 0 radical (unpaired) electrons. The Bertz CT molecular complexity index is 1080. The van der Waals surface area contributed by atoms with Crippen LogP contribution in [0.15, 0.2) is 38.7 Å². The largest absolute Gasteiger partial charge is 0.378 e. The number of halogens is 1. The summed E-state index contributed by atoms with van der Waals surface area (Å²) in [5.41, 5.74) is 5.53. The number of morpholine rings is 1. The number of nitrogens with one attached hydrogen (secondary N) is 2. The summed E-state index contributed by atoms with van der Waals surface area (Å²) in [7, 11) is 1.76. The highest BCUT2D eigenvalue weighted by atomic mass is 79.9. The first-order valence-corrected chi connectivity index (χ1v) is 9.67. The summed E-state index contributed by atoms with van der Waals surface area (Å²) < 4.78 is 6.40. The van der Waals surface area contributed by atoms with Gasteiger partial charge in [-0.1, -0.05) is 15.9 Å². The van der Waals surface area contributed by atoms with Crippen molar-refractivity contribution >= 4 is 39.0 Å². The molecular weight excluding hydrogens is 408 g/mol. The molecule has 1 aliphatic rings. The number of anilines is 1. The highest BCUT2D eigenvalue weighted by Crippen LogP contribution is 2.34. The number of H-pyrrole nitrogens is 2. The van der Waals surface area contributed by atoms with Gasteiger partial charge in [0.1, 0.15) is 11.3 Å². The number of hydrogen-bond donors (Lipinski definition) is 2. The fourth-order valence-corrected chi connectivity index (χ4v) is 4.14. The van der Waals surface area contributed by atoms with Gasteiger partial charge in [-0.2, -0.15) is 0 Å². The van der Waals surface area contributed by atoms with Crippen molar-refractivity contribution in [3.63, 3.8) is 0 Å². The Morgan fingerprint density at radius 1 is 1.19 bits per heavy atom. The maximum absolute atomic E-state index is 12.7. The van der Waals surface area contributed by atoms with E-state index in [-0.39, 0.29) is 5.43 Å². The Hall–Kier alpha value is -2.38. The second-order valence-electron chi connectivity index (χ2n) is 6.65. The summed E-state index contributed by atoms with van der Waals surface area (Å²) in [5, 5.41) is 0. The van der Waals surface area contributed by atoms with Crippen LogP contribution in [0.3, 0.4) is 0 Å². The fourth-order valence-electron chi connectivity index (χ4n) is 3.47. The summed E-state index contributed by atoms with van der Waals surface area (Å²) in [6.07, 6.45) is 3.73. The van der Waals surface area contributed by atoms with E-state index in [1.54, 1.807) is 13.1 Å². The molecule has 0 saturated carbocycles. The van der Waals surface area contributed by atoms with Crippen molar-refractivity contribution in [1.82, 2.24) is 9.97 Å². The molecule has 6 nitrogen and oxygen atoms in total. The molecule has 140 valence electrons. The molecule has 0 spiro atoms. The highest BCUT2D eigenvalue weighted by molar-refractivity contribution is 9.10. The molecule has 3 heterocycles. The number of rotatable bonds is 3. The van der Waals surface area contributed by atoms with E-state index >= 15 is 0 Å². The molecule has 0 unspecified atom stereocenters. The first kappa shape index (κ1) is 18.0. The van der Waals surface area contributed by atoms with Crippen LogP contribution in [0.5, 0.6) is 0 Å². The number of pyridine rings is 1. The van der Waals surface area contributed by atoms with E-state index < -0.39 is 0 Å². The second kappa shape index (κ2) is 7.32. The van der Waals surface area contributed by atoms with Crippen molar-refractivity contribution in [1.29, 1.82) is 0 Å². The van der Waals surface area contributed by atoms with Gasteiger partial charge in [-0.25, -0.2) is 0 Å². The van der Waals surface area contributed by atoms with Crippen molar-refractivity contribution < 1.29 is 4.74 Å². The predicted molar refractivity (Wildman–Crippen MR) is 113 cm³/mol. The van der Waals surface area contributed by atoms with Gasteiger partial charge < -0.3 is 19.6 Å². The lowest BCUT2D eigenvalue weighted by atomic mass is 10.0. The third-order valence-electron chi connectivity index (χ3n) is 4.91. The quantitative estimate of drug-likeness (QED) is 0.627. The van der Waals surface area contributed by atoms with Gasteiger partial charge >= 0.3 is 0 Å². The van der Waals surface area contributed by atoms with Crippen molar-refractivity contribution in [3.8, 4) is 11.1 Å². The number of aryl methyl sites for hydroxylation is 1. The van der Waals surface area contributed by atoms with Crippen molar-refractivity contribution in [3.05, 3.63) is 50.2 Å². The Kier molecular flexibility index (Phi) is 4.88. The van der Waals surface area contributed by atoms with E-state index in [2.05, 4.69) is 54.8 Å². The van der Waals surface area contributed by atoms with Crippen LogP contribution in [0.4, 0.5) is 5.82 Å². The molecule has 1 aromatic carbocycles. The molecule has 1 aliphatic heterocycles. The Balaban J connectivity index is 1.89. The second-order valence-corrected chi connectivity index (χ2v) is 7.50. The maximum atomic E-state index is 12.7. The molecule has 4 rings (SSSR count). The monoisotopic (exact) mass is 428 g/mol. The minimum atomic E-state index is -0.0185. The average molecular weight is 429 g/mol. The topological polar surface area (TPSA) is 73.5 Å². The molecule has 3 aromatic rings. The van der Waals surface area contributed by atoms with Gasteiger partial charge in [0.2, 0.25) is 5.43 Å². The van der Waals surface area contributed by atoms with E-state index in [1.807, 2.05) is 12.4 Å². The zero-order valence-electron chi connectivity index (χ0n) is 15.3. The number of ether oxygens (including phenoxy) is 1. The molecule has 7 heteroatoms. The van der Waals surface area contributed by atoms with Gasteiger partial charge in [-0.15, -0.1) is 0 Å². The molecule has 0 bridgehead atoms. The Labute approximate surface area is 165 Å². The lowest BCUT2D eigenvalue weighted by Crippen LogP contribution is -2.37. The van der Waals surface area contributed by atoms with Crippen LogP contribution in [0.25, 0.3) is 22.2 Å². The maximum Gasteiger partial charge on any atom is 0.207 e. The first-order valence-electron chi connectivity index (χ1n) is 8.88. The lowest BCUT2D eigenvalue weighted by molar-refractivity contribution is 0.122. The SMILES string of the molecule is CN=Cc1cc(-c2c[nH]c3c(=O)cc(N4CCOCC4)[nH]c23)c(Br)cc1C. The number of aromatic amines is 2. The zero-order chi connectivity index (χ0) is 19.0. The molecule has 27 heavy (non-hydrogen) atoms. The summed E-state index contributed by atoms with van der Waals surface area (Å²) >= 11 is 3.68. The summed E-state index contributed by atoms with van der Waals surface area (Å²) in [6, 6.07) is 5.83. The third kappa shape index (κ3) is 3.33. The number of benzene rings is 1. The van der Waals surface area contributed by atoms with Gasteiger partial charge in [0.25, 0.3) is 0 Å². The van der Waals surface area contributed by atoms with Crippen LogP contribution in [0, 0.1) is 6.92 Å². The van der Waals surface area contributed by atoms with Gasteiger partial charge in [0, 0.05) is 54.2 Å². The molecule has 2 aromatic heterocycles. The Morgan fingerprint density at radius 3 is 2.70 bits per heavy atom. The third-order valence-corrected chi connectivity index (χ3v) is 5.57. The number of aliphatic imine (C=N–C) groups is 1. The molecule has 2 N–H and O–H groups in total. The summed E-state index contributed by atoms with van der Waals surface area (Å²) in [4.78, 5) is 25.6. The molecule has 0 atom stereocenters. The van der Waals surface area contributed by atoms with E-state index in [0.717, 1.165) is 51.2 Å². The van der Waals surface area contributed by atoms with Crippen LogP contribution in [0.2, 0.25) is 0 Å². The van der Waals surface area contributed by atoms with Crippen molar-refractivity contribution in [2.24, 2.45) is 4.99 Å². The first-order chi connectivity index (χ1) is 13.1. The van der Waals surface area contributed by atoms with E-state index in [1.165, 1.54) is 0 Å². The van der Waals surface area contributed by atoms with E-state index in [4.69, 9.17) is 4.74 Å². The standard InChI is InChI=1S/C20H21BrN4O2/c1-12-7-16(21)14(8-13(12)10-22-2)15-11-23-20-17(26)9-18(24-19(15)20)25-3-5-27-6-4-25/h7-11,23H,3-6H2,1-2H3,(H,24,26). The number of nitrogens with zero attached hydrogens (tertiary/aromatic N) is 2. The number of hydrogen-bond acceptors (Lipinski definition) is 4. The molecule has 0 aliphatic carbocycles. The normalized spacial score (nSPS) is 15.1. The number of fused-ring (bicyclic) bond motifs is 1. The summed E-state index contributed by atoms with van der Waals surface area (Å²) in [5.74, 6) is 0.829. The number of aromatic nitrogens is 2. The van der Waals surface area contributed by atoms with Crippen LogP contribution >= 0.6 is 15.9 Å². The zero-order valence-corrected chi connectivity index (χ0v) is 16.9. The Morgan fingerprint density at radius 2 is 1.96 bits per heavy atom. The predicted octanol–water partition coefficient (Wildman–Crippen LogP) is 3.48. The van der Waals surface area contributed by atoms with Crippen molar-refractivity contribution in [2.75, 3.05) is 38.3 Å². The van der Waals surface area contributed by atoms with Crippen LogP contribution in [-0.2, 0) is 4.74 Å². The average Bonchev–Trinajstić information content (AvgIpc) is 3.09. The molecular formula is C20H21BrN4O2. The molecule has 1 fully saturated rings. The highest BCUT2D eigenvalue weighted by Gasteiger charge is 2.17. The minimum Gasteiger partial charge on any atom is -0.378 e. The summed E-state index contributed by atoms with van der Waals surface area (Å²) in [6.45, 7) is 4.94. The molecule has 0 amide bonds. The van der Waals surface area contributed by atoms with E-state index in [0.29, 0.717) is 18.7 Å². The van der Waals surface area contributed by atoms with Gasteiger partial charge in [-0.05, 0) is 30.2 Å². The van der Waals surface area contributed by atoms with Gasteiger partial charge in [0.15, 0.2) is 0 Å². The van der Waals surface area contributed by atoms with Crippen molar-refractivity contribution in [2.45, 2.75) is 6.92 Å². The molecule has 1 saturated heterocycles. The fraction of sp³-hybridized carbons (Fsp3) is 0.300. The minimum absolute atomic E-state index is 0.0185. The van der Waals surface area contributed by atoms with Crippen LogP contribution in [0.1, 0.15) is 11.1 Å². The van der Waals surface area contributed by atoms with E-state index in [9.17, 15) is 4.79 Å². The van der Waals surface area contributed by atoms with Crippen LogP contribution < -0.4 is 10.3 Å². The smallest absolute Gasteiger partial charge is 0.207 e. The van der Waals surface area contributed by atoms with Gasteiger partial charge in [0.05, 0.1) is 18.7 Å².